The van der Waals surface area contributed by atoms with Gasteiger partial charge in [0.05, 0.1) is 6.10 Å². The Morgan fingerprint density at radius 2 is 2.09 bits per heavy atom. The molecule has 0 spiro atoms. The van der Waals surface area contributed by atoms with E-state index < -0.39 is 47.2 Å². The van der Waals surface area contributed by atoms with Gasteiger partial charge in [-0.15, -0.1) is 0 Å². The van der Waals surface area contributed by atoms with Gasteiger partial charge in [0.15, 0.2) is 0 Å². The molecule has 0 radical (unpaired) electrons. The largest absolute Gasteiger partial charge is 0.459 e. The lowest BCUT2D eigenvalue weighted by molar-refractivity contribution is -0.254. The maximum absolute atomic E-state index is 11.9. The number of carbonyl (C=O) groups excluding carboxylic acids is 2. The van der Waals surface area contributed by atoms with E-state index in [1.807, 2.05) is 6.92 Å². The summed E-state index contributed by atoms with van der Waals surface area (Å²) in [5, 5.41) is 21.8. The highest BCUT2D eigenvalue weighted by molar-refractivity contribution is 5.91. The van der Waals surface area contributed by atoms with Gasteiger partial charge < -0.3 is 19.7 Å². The summed E-state index contributed by atoms with van der Waals surface area (Å²) in [4.78, 5) is 23.3. The average molecular weight is 324 g/mol. The van der Waals surface area contributed by atoms with Crippen molar-refractivity contribution in [2.75, 3.05) is 0 Å². The lowest BCUT2D eigenvalue weighted by Gasteiger charge is -2.59. The van der Waals surface area contributed by atoms with Gasteiger partial charge in [0.2, 0.25) is 0 Å². The first kappa shape index (κ1) is 16.5. The molecule has 2 saturated carbocycles. The van der Waals surface area contributed by atoms with Crippen LogP contribution < -0.4 is 0 Å². The lowest BCUT2D eigenvalue weighted by Crippen LogP contribution is -2.68. The Morgan fingerprint density at radius 3 is 2.70 bits per heavy atom. The first-order chi connectivity index (χ1) is 10.6. The maximum atomic E-state index is 11.9. The summed E-state index contributed by atoms with van der Waals surface area (Å²) in [5.41, 5.74) is -1.57. The molecular formula is C17H24O6. The highest BCUT2D eigenvalue weighted by Crippen LogP contribution is 2.59. The molecule has 128 valence electrons. The molecule has 0 aromatic heterocycles. The molecule has 3 fully saturated rings. The number of esters is 2. The van der Waals surface area contributed by atoms with E-state index in [2.05, 4.69) is 6.58 Å². The maximum Gasteiger partial charge on any atom is 0.334 e. The van der Waals surface area contributed by atoms with Gasteiger partial charge in [-0.05, 0) is 19.8 Å². The van der Waals surface area contributed by atoms with Crippen molar-refractivity contribution in [3.63, 3.8) is 0 Å². The van der Waals surface area contributed by atoms with Crippen LogP contribution in [0, 0.1) is 17.3 Å². The van der Waals surface area contributed by atoms with Crippen LogP contribution >= 0.6 is 0 Å². The second-order valence-electron chi connectivity index (χ2n) is 7.60. The number of aliphatic hydroxyl groups excluding tert-OH is 1. The summed E-state index contributed by atoms with van der Waals surface area (Å²) in [6.07, 6.45) is -0.611. The van der Waals surface area contributed by atoms with Gasteiger partial charge in [-0.3, -0.25) is 4.79 Å². The van der Waals surface area contributed by atoms with E-state index in [4.69, 9.17) is 9.47 Å². The second-order valence-corrected chi connectivity index (χ2v) is 7.60. The molecule has 7 atom stereocenters. The first-order valence-electron chi connectivity index (χ1n) is 8.06. The summed E-state index contributed by atoms with van der Waals surface area (Å²) in [7, 11) is 0. The predicted molar refractivity (Wildman–Crippen MR) is 80.1 cm³/mol. The minimum atomic E-state index is -1.39. The van der Waals surface area contributed by atoms with Gasteiger partial charge in [0.25, 0.3) is 0 Å². The molecule has 23 heavy (non-hydrogen) atoms. The smallest absolute Gasteiger partial charge is 0.334 e. The van der Waals surface area contributed by atoms with Crippen LogP contribution in [0.2, 0.25) is 0 Å². The fraction of sp³-hybridized carbons (Fsp3) is 0.765. The third-order valence-electron chi connectivity index (χ3n) is 6.17. The molecule has 0 amide bonds. The molecule has 0 unspecified atom stereocenters. The molecule has 1 aliphatic heterocycles. The number of aliphatic hydroxyl groups is 2. The van der Waals surface area contributed by atoms with Crippen LogP contribution in [0.1, 0.15) is 40.0 Å². The standard InChI is InChI=1S/C17H24O6/c1-8-10-5-6-16(3)11(19)7-12(22-9(2)18)17(4,21)14(16)13(10)23-15(8)20/h10-14,19,21H,1,5-7H2,2-4H3/t10-,11+,12-,13-,14-,16-,17+/m0/s1. The Bertz CT molecular complexity index is 567. The highest BCUT2D eigenvalue weighted by Gasteiger charge is 2.66. The summed E-state index contributed by atoms with van der Waals surface area (Å²) in [6.45, 7) is 8.60. The normalized spacial score (nSPS) is 49.2. The van der Waals surface area contributed by atoms with E-state index >= 15 is 0 Å². The molecule has 0 bridgehead atoms. The third kappa shape index (κ3) is 2.22. The molecule has 0 aromatic carbocycles. The van der Waals surface area contributed by atoms with Crippen molar-refractivity contribution in [1.82, 2.24) is 0 Å². The van der Waals surface area contributed by atoms with Crippen molar-refractivity contribution in [3.05, 3.63) is 12.2 Å². The lowest BCUT2D eigenvalue weighted by atomic mass is 9.50. The number of fused-ring (bicyclic) bond motifs is 3. The van der Waals surface area contributed by atoms with E-state index in [1.165, 1.54) is 6.92 Å². The molecule has 3 aliphatic rings. The zero-order chi connectivity index (χ0) is 17.2. The molecule has 6 heteroatoms. The van der Waals surface area contributed by atoms with Crippen molar-refractivity contribution in [2.24, 2.45) is 17.3 Å². The fourth-order valence-corrected chi connectivity index (χ4v) is 4.92. The number of hydrogen-bond donors (Lipinski definition) is 2. The number of carbonyl (C=O) groups is 2. The molecule has 0 aromatic rings. The van der Waals surface area contributed by atoms with Crippen molar-refractivity contribution in [3.8, 4) is 0 Å². The Hall–Kier alpha value is -1.40. The van der Waals surface area contributed by atoms with Gasteiger partial charge in [0, 0.05) is 36.2 Å². The topological polar surface area (TPSA) is 93.1 Å². The van der Waals surface area contributed by atoms with Crippen molar-refractivity contribution < 1.29 is 29.3 Å². The van der Waals surface area contributed by atoms with E-state index in [-0.39, 0.29) is 12.3 Å². The Kier molecular flexibility index (Phi) is 3.61. The molecular weight excluding hydrogens is 300 g/mol. The molecule has 2 N–H and O–H groups in total. The average Bonchev–Trinajstić information content (AvgIpc) is 2.71. The first-order valence-corrected chi connectivity index (χ1v) is 8.06. The van der Waals surface area contributed by atoms with Crippen LogP contribution in [0.15, 0.2) is 12.2 Å². The van der Waals surface area contributed by atoms with Crippen LogP contribution in [0.25, 0.3) is 0 Å². The van der Waals surface area contributed by atoms with Crippen molar-refractivity contribution >= 4 is 11.9 Å². The Labute approximate surface area is 135 Å². The van der Waals surface area contributed by atoms with Gasteiger partial charge in [-0.25, -0.2) is 4.79 Å². The van der Waals surface area contributed by atoms with Gasteiger partial charge in [0.1, 0.15) is 17.8 Å². The van der Waals surface area contributed by atoms with Crippen molar-refractivity contribution in [1.29, 1.82) is 0 Å². The van der Waals surface area contributed by atoms with Gasteiger partial charge in [-0.2, -0.15) is 0 Å². The second kappa shape index (κ2) is 5.05. The summed E-state index contributed by atoms with van der Waals surface area (Å²) in [5.74, 6) is -1.63. The van der Waals surface area contributed by atoms with Gasteiger partial charge in [-0.1, -0.05) is 13.5 Å². The zero-order valence-electron chi connectivity index (χ0n) is 13.7. The summed E-state index contributed by atoms with van der Waals surface area (Å²) < 4.78 is 10.8. The van der Waals surface area contributed by atoms with Crippen molar-refractivity contribution in [2.45, 2.75) is 63.9 Å². The molecule has 2 aliphatic carbocycles. The Morgan fingerprint density at radius 1 is 1.43 bits per heavy atom. The molecule has 1 saturated heterocycles. The monoisotopic (exact) mass is 324 g/mol. The summed E-state index contributed by atoms with van der Waals surface area (Å²) >= 11 is 0. The molecule has 3 rings (SSSR count). The number of rotatable bonds is 1. The van der Waals surface area contributed by atoms with E-state index in [0.717, 1.165) is 0 Å². The minimum Gasteiger partial charge on any atom is -0.459 e. The number of hydrogen-bond acceptors (Lipinski definition) is 6. The predicted octanol–water partition coefficient (Wildman–Crippen LogP) is 0.948. The van der Waals surface area contributed by atoms with E-state index in [9.17, 15) is 19.8 Å². The van der Waals surface area contributed by atoms with Crippen LogP contribution in [-0.4, -0.2) is 46.1 Å². The van der Waals surface area contributed by atoms with E-state index in [0.29, 0.717) is 18.4 Å². The van der Waals surface area contributed by atoms with Gasteiger partial charge >= 0.3 is 11.9 Å². The third-order valence-corrected chi connectivity index (χ3v) is 6.17. The quantitative estimate of drug-likeness (QED) is 0.551. The molecule has 1 heterocycles. The highest BCUT2D eigenvalue weighted by atomic mass is 16.6. The minimum absolute atomic E-state index is 0.157. The zero-order valence-corrected chi connectivity index (χ0v) is 13.7. The molecule has 6 nitrogen and oxygen atoms in total. The Balaban J connectivity index is 2.02. The van der Waals surface area contributed by atoms with Crippen LogP contribution in [0.4, 0.5) is 0 Å². The van der Waals surface area contributed by atoms with E-state index in [1.54, 1.807) is 6.92 Å². The number of ether oxygens (including phenoxy) is 2. The fourth-order valence-electron chi connectivity index (χ4n) is 4.92. The van der Waals surface area contributed by atoms with Crippen LogP contribution in [0.5, 0.6) is 0 Å². The SMILES string of the molecule is C=C1C(=O)O[C@@H]2[C@@H]3[C@](C)(O)[C@@H](OC(C)=O)C[C@@H](O)[C@]3(C)CC[C@@H]12. The summed E-state index contributed by atoms with van der Waals surface area (Å²) in [6, 6.07) is 0. The van der Waals surface area contributed by atoms with Crippen LogP contribution in [-0.2, 0) is 19.1 Å². The van der Waals surface area contributed by atoms with Crippen LogP contribution in [0.3, 0.4) is 0 Å².